The summed E-state index contributed by atoms with van der Waals surface area (Å²) in [5, 5.41) is 19.3. The van der Waals surface area contributed by atoms with E-state index in [4.69, 9.17) is 9.84 Å². The molecule has 1 aromatic rings. The SMILES string of the molecule is O=C(O)C1CCC(CSc2ccc([N+](=O)[O-])cc2)O1. The van der Waals surface area contributed by atoms with Gasteiger partial charge in [-0.25, -0.2) is 4.79 Å². The minimum atomic E-state index is -0.914. The van der Waals surface area contributed by atoms with Crippen LogP contribution in [0.2, 0.25) is 0 Å². The van der Waals surface area contributed by atoms with Crippen LogP contribution in [0.5, 0.6) is 0 Å². The number of non-ortho nitro benzene ring substituents is 1. The van der Waals surface area contributed by atoms with E-state index in [1.807, 2.05) is 0 Å². The first-order chi connectivity index (χ1) is 9.06. The lowest BCUT2D eigenvalue weighted by Gasteiger charge is -2.10. The second kappa shape index (κ2) is 6.03. The zero-order valence-corrected chi connectivity index (χ0v) is 10.8. The molecule has 0 radical (unpaired) electrons. The van der Waals surface area contributed by atoms with Crippen LogP contribution in [0, 0.1) is 10.1 Å². The van der Waals surface area contributed by atoms with Crippen molar-refractivity contribution in [3.63, 3.8) is 0 Å². The third kappa shape index (κ3) is 3.68. The van der Waals surface area contributed by atoms with E-state index in [0.29, 0.717) is 12.2 Å². The van der Waals surface area contributed by atoms with Crippen LogP contribution in [-0.4, -0.2) is 34.0 Å². The van der Waals surface area contributed by atoms with Crippen LogP contribution in [-0.2, 0) is 9.53 Å². The molecule has 0 saturated carbocycles. The van der Waals surface area contributed by atoms with Crippen LogP contribution in [0.25, 0.3) is 0 Å². The second-order valence-electron chi connectivity index (χ2n) is 4.22. The maximum atomic E-state index is 10.7. The molecule has 19 heavy (non-hydrogen) atoms. The third-order valence-electron chi connectivity index (χ3n) is 2.87. The highest BCUT2D eigenvalue weighted by Gasteiger charge is 2.30. The van der Waals surface area contributed by atoms with E-state index in [1.165, 1.54) is 23.9 Å². The molecule has 6 nitrogen and oxygen atoms in total. The first-order valence-corrected chi connectivity index (χ1v) is 6.80. The minimum Gasteiger partial charge on any atom is -0.479 e. The fourth-order valence-electron chi connectivity index (χ4n) is 1.86. The summed E-state index contributed by atoms with van der Waals surface area (Å²) >= 11 is 1.51. The predicted octanol–water partition coefficient (Wildman–Crippen LogP) is 2.32. The smallest absolute Gasteiger partial charge is 0.332 e. The van der Waals surface area contributed by atoms with Gasteiger partial charge in [0, 0.05) is 22.8 Å². The van der Waals surface area contributed by atoms with Crippen LogP contribution >= 0.6 is 11.8 Å². The number of carboxylic acids is 1. The van der Waals surface area contributed by atoms with E-state index in [-0.39, 0.29) is 11.8 Å². The van der Waals surface area contributed by atoms with Gasteiger partial charge in [-0.2, -0.15) is 0 Å². The van der Waals surface area contributed by atoms with E-state index >= 15 is 0 Å². The molecule has 2 unspecified atom stereocenters. The number of aliphatic carboxylic acids is 1. The summed E-state index contributed by atoms with van der Waals surface area (Å²) in [6, 6.07) is 6.29. The Hall–Kier alpha value is -1.60. The highest BCUT2D eigenvalue weighted by molar-refractivity contribution is 7.99. The molecule has 102 valence electrons. The number of ether oxygens (including phenoxy) is 1. The number of thioether (sulfide) groups is 1. The number of nitrogens with zero attached hydrogens (tertiary/aromatic N) is 1. The van der Waals surface area contributed by atoms with Gasteiger partial charge in [0.2, 0.25) is 0 Å². The fourth-order valence-corrected chi connectivity index (χ4v) is 2.82. The van der Waals surface area contributed by atoms with E-state index in [0.717, 1.165) is 11.3 Å². The van der Waals surface area contributed by atoms with Crippen LogP contribution in [0.15, 0.2) is 29.2 Å². The number of nitro benzene ring substituents is 1. The minimum absolute atomic E-state index is 0.0624. The standard InChI is InChI=1S/C12H13NO5S/c14-12(15)11-6-3-9(18-11)7-19-10-4-1-8(2-5-10)13(16)17/h1-2,4-5,9,11H,3,6-7H2,(H,14,15). The molecule has 1 N–H and O–H groups in total. The van der Waals surface area contributed by atoms with Gasteiger partial charge in [-0.3, -0.25) is 10.1 Å². The van der Waals surface area contributed by atoms with Gasteiger partial charge >= 0.3 is 5.97 Å². The number of carboxylic acid groups (broad SMARTS) is 1. The number of carbonyl (C=O) groups is 1. The van der Waals surface area contributed by atoms with Gasteiger partial charge < -0.3 is 9.84 Å². The molecule has 0 aliphatic carbocycles. The molecule has 1 heterocycles. The summed E-state index contributed by atoms with van der Waals surface area (Å²) in [4.78, 5) is 21.7. The van der Waals surface area contributed by atoms with Gasteiger partial charge in [-0.05, 0) is 25.0 Å². The first-order valence-electron chi connectivity index (χ1n) is 5.82. The molecule has 0 bridgehead atoms. The lowest BCUT2D eigenvalue weighted by atomic mass is 10.2. The fraction of sp³-hybridized carbons (Fsp3) is 0.417. The molecule has 1 saturated heterocycles. The third-order valence-corrected chi connectivity index (χ3v) is 4.01. The Labute approximate surface area is 113 Å². The zero-order valence-electron chi connectivity index (χ0n) is 10.0. The molecule has 0 aromatic heterocycles. The van der Waals surface area contributed by atoms with Crippen LogP contribution in [0.3, 0.4) is 0 Å². The van der Waals surface area contributed by atoms with Gasteiger partial charge in [-0.1, -0.05) is 0 Å². The van der Waals surface area contributed by atoms with Gasteiger partial charge in [0.05, 0.1) is 11.0 Å². The number of benzene rings is 1. The lowest BCUT2D eigenvalue weighted by molar-refractivity contribution is -0.384. The van der Waals surface area contributed by atoms with Crippen molar-refractivity contribution in [2.75, 3.05) is 5.75 Å². The largest absolute Gasteiger partial charge is 0.479 e. The van der Waals surface area contributed by atoms with Crippen molar-refractivity contribution in [3.05, 3.63) is 34.4 Å². The summed E-state index contributed by atoms with van der Waals surface area (Å²) in [6.07, 6.45) is 0.515. The van der Waals surface area contributed by atoms with Gasteiger partial charge in [0.15, 0.2) is 6.10 Å². The predicted molar refractivity (Wildman–Crippen MR) is 69.4 cm³/mol. The van der Waals surface area contributed by atoms with E-state index in [2.05, 4.69) is 0 Å². The Morgan fingerprint density at radius 2 is 2.11 bits per heavy atom. The van der Waals surface area contributed by atoms with Gasteiger partial charge in [0.25, 0.3) is 5.69 Å². The Morgan fingerprint density at radius 3 is 2.63 bits per heavy atom. The topological polar surface area (TPSA) is 89.7 Å². The maximum Gasteiger partial charge on any atom is 0.332 e. The zero-order chi connectivity index (χ0) is 13.8. The molecule has 1 fully saturated rings. The number of rotatable bonds is 5. The molecule has 0 amide bonds. The second-order valence-corrected chi connectivity index (χ2v) is 5.32. The van der Waals surface area contributed by atoms with E-state index < -0.39 is 17.0 Å². The summed E-state index contributed by atoms with van der Waals surface area (Å²) in [7, 11) is 0. The Morgan fingerprint density at radius 1 is 1.42 bits per heavy atom. The Balaban J connectivity index is 1.83. The monoisotopic (exact) mass is 283 g/mol. The van der Waals surface area contributed by atoms with Crippen LogP contribution in [0.4, 0.5) is 5.69 Å². The van der Waals surface area contributed by atoms with Gasteiger partial charge in [-0.15, -0.1) is 11.8 Å². The summed E-state index contributed by atoms with van der Waals surface area (Å²) in [5.41, 5.74) is 0.0624. The molecule has 7 heteroatoms. The number of hydrogen-bond acceptors (Lipinski definition) is 5. The van der Waals surface area contributed by atoms with Crippen molar-refractivity contribution < 1.29 is 19.6 Å². The molecule has 1 aromatic carbocycles. The molecule has 0 spiro atoms. The summed E-state index contributed by atoms with van der Waals surface area (Å²) in [5.74, 6) is -0.260. The van der Waals surface area contributed by atoms with Crippen molar-refractivity contribution in [1.82, 2.24) is 0 Å². The summed E-state index contributed by atoms with van der Waals surface area (Å²) in [6.45, 7) is 0. The molecule has 2 atom stereocenters. The Bertz CT molecular complexity index is 476. The average Bonchev–Trinajstić information content (AvgIpc) is 2.86. The lowest BCUT2D eigenvalue weighted by Crippen LogP contribution is -2.21. The maximum absolute atomic E-state index is 10.7. The first kappa shape index (κ1) is 13.8. The summed E-state index contributed by atoms with van der Waals surface area (Å²) < 4.78 is 5.38. The quantitative estimate of drug-likeness (QED) is 0.506. The molecular weight excluding hydrogens is 270 g/mol. The van der Waals surface area contributed by atoms with Crippen molar-refractivity contribution in [1.29, 1.82) is 0 Å². The van der Waals surface area contributed by atoms with Crippen molar-refractivity contribution in [3.8, 4) is 0 Å². The molecule has 1 aliphatic rings. The molecular formula is C12H13NO5S. The van der Waals surface area contributed by atoms with Crippen molar-refractivity contribution in [2.45, 2.75) is 29.9 Å². The number of nitro groups is 1. The number of hydrogen-bond donors (Lipinski definition) is 1. The molecule has 1 aliphatic heterocycles. The molecule has 2 rings (SSSR count). The normalized spacial score (nSPS) is 22.3. The van der Waals surface area contributed by atoms with E-state index in [1.54, 1.807) is 12.1 Å². The van der Waals surface area contributed by atoms with Crippen molar-refractivity contribution in [2.24, 2.45) is 0 Å². The highest BCUT2D eigenvalue weighted by Crippen LogP contribution is 2.27. The van der Waals surface area contributed by atoms with Crippen LogP contribution in [0.1, 0.15) is 12.8 Å². The Kier molecular flexibility index (Phi) is 4.39. The highest BCUT2D eigenvalue weighted by atomic mass is 32.2. The van der Waals surface area contributed by atoms with E-state index in [9.17, 15) is 14.9 Å². The van der Waals surface area contributed by atoms with Gasteiger partial charge in [0.1, 0.15) is 0 Å². The average molecular weight is 283 g/mol. The van der Waals surface area contributed by atoms with Crippen molar-refractivity contribution >= 4 is 23.4 Å². The van der Waals surface area contributed by atoms with Crippen LogP contribution < -0.4 is 0 Å².